The highest BCUT2D eigenvalue weighted by molar-refractivity contribution is 14.0. The van der Waals surface area contributed by atoms with Crippen LogP contribution in [0.3, 0.4) is 0 Å². The van der Waals surface area contributed by atoms with Gasteiger partial charge < -0.3 is 19.9 Å². The molecule has 1 N–H and O–H groups in total. The Bertz CT molecular complexity index is 575. The van der Waals surface area contributed by atoms with E-state index >= 15 is 0 Å². The number of rotatable bonds is 5. The largest absolute Gasteiger partial charge is 0.377 e. The lowest BCUT2D eigenvalue weighted by molar-refractivity contribution is -0.188. The van der Waals surface area contributed by atoms with Gasteiger partial charge in [0.25, 0.3) is 0 Å². The first-order valence-corrected chi connectivity index (χ1v) is 10.9. The van der Waals surface area contributed by atoms with Gasteiger partial charge in [-0.15, -0.1) is 24.0 Å². The molecular weight excluding hydrogens is 481 g/mol. The van der Waals surface area contributed by atoms with Crippen LogP contribution in [-0.2, 0) is 9.53 Å². The van der Waals surface area contributed by atoms with Crippen LogP contribution in [0.15, 0.2) is 4.99 Å². The third-order valence-corrected chi connectivity index (χ3v) is 6.74. The maximum Gasteiger partial charge on any atom is 0.223 e. The van der Waals surface area contributed by atoms with Crippen molar-refractivity contribution in [2.45, 2.75) is 52.2 Å². The summed E-state index contributed by atoms with van der Waals surface area (Å²) < 4.78 is 6.06. The summed E-state index contributed by atoms with van der Waals surface area (Å²) in [6.45, 7) is 13.2. The van der Waals surface area contributed by atoms with Crippen LogP contribution in [0.2, 0.25) is 0 Å². The maximum absolute atomic E-state index is 11.8. The molecule has 0 spiro atoms. The molecule has 3 fully saturated rings. The number of nitrogens with zero attached hydrogens (tertiary/aromatic N) is 4. The lowest BCUT2D eigenvalue weighted by Gasteiger charge is -2.60. The fourth-order valence-electron chi connectivity index (χ4n) is 5.00. The number of ether oxygens (including phenoxy) is 1. The highest BCUT2D eigenvalue weighted by atomic mass is 127. The first kappa shape index (κ1) is 24.7. The summed E-state index contributed by atoms with van der Waals surface area (Å²) in [5.41, 5.74) is 0.147. The lowest BCUT2D eigenvalue weighted by Crippen LogP contribution is -2.71. The van der Waals surface area contributed by atoms with Gasteiger partial charge in [-0.1, -0.05) is 13.8 Å². The van der Waals surface area contributed by atoms with E-state index in [0.29, 0.717) is 24.5 Å². The smallest absolute Gasteiger partial charge is 0.223 e. The van der Waals surface area contributed by atoms with Crippen molar-refractivity contribution in [3.63, 3.8) is 0 Å². The first-order valence-electron chi connectivity index (χ1n) is 10.9. The summed E-state index contributed by atoms with van der Waals surface area (Å²) in [7, 11) is 3.65. The van der Waals surface area contributed by atoms with Gasteiger partial charge in [0.1, 0.15) is 0 Å². The molecule has 0 aromatic carbocycles. The molecule has 2 saturated heterocycles. The van der Waals surface area contributed by atoms with Gasteiger partial charge in [0.15, 0.2) is 5.96 Å². The Morgan fingerprint density at radius 3 is 2.55 bits per heavy atom. The van der Waals surface area contributed by atoms with Gasteiger partial charge in [-0.25, -0.2) is 0 Å². The molecule has 3 aliphatic rings. The van der Waals surface area contributed by atoms with Crippen LogP contribution >= 0.6 is 24.0 Å². The third kappa shape index (κ3) is 5.55. The highest BCUT2D eigenvalue weighted by Crippen LogP contribution is 2.51. The molecule has 3 atom stereocenters. The highest BCUT2D eigenvalue weighted by Gasteiger charge is 2.58. The Hall–Kier alpha value is -0.610. The normalized spacial score (nSPS) is 29.3. The predicted molar refractivity (Wildman–Crippen MR) is 128 cm³/mol. The topological polar surface area (TPSA) is 60.4 Å². The Kier molecular flexibility index (Phi) is 9.03. The zero-order chi connectivity index (χ0) is 20.3. The summed E-state index contributed by atoms with van der Waals surface area (Å²) in [5.74, 6) is 1.85. The summed E-state index contributed by atoms with van der Waals surface area (Å²) >= 11 is 0. The molecule has 0 aromatic rings. The maximum atomic E-state index is 11.8. The average Bonchev–Trinajstić information content (AvgIpc) is 2.69. The number of hydrogen-bond acceptors (Lipinski definition) is 4. The Labute approximate surface area is 193 Å². The standard InChI is InChI=1S/C21H39N5O2.HI/c1-6-22-20(23-18-16-8-7-15-28-19(16)21(18,2)3)26-13-11-25(12-14-26)10-9-17(27)24(4)5;/h16,18-19H,6-15H2,1-5H3,(H,22,23);1H. The molecule has 168 valence electrons. The van der Waals surface area contributed by atoms with Crippen LogP contribution in [0.4, 0.5) is 0 Å². The van der Waals surface area contributed by atoms with E-state index in [0.717, 1.165) is 51.8 Å². The van der Waals surface area contributed by atoms with Gasteiger partial charge in [0, 0.05) is 83.8 Å². The molecule has 8 heteroatoms. The number of piperazine rings is 1. The monoisotopic (exact) mass is 521 g/mol. The van der Waals surface area contributed by atoms with Crippen LogP contribution in [0, 0.1) is 11.3 Å². The van der Waals surface area contributed by atoms with E-state index in [1.54, 1.807) is 4.90 Å². The Morgan fingerprint density at radius 2 is 1.93 bits per heavy atom. The van der Waals surface area contributed by atoms with Crippen molar-refractivity contribution in [1.29, 1.82) is 0 Å². The molecule has 0 aromatic heterocycles. The SMILES string of the molecule is CCN=C(NC1C2CCCOC2C1(C)C)N1CCN(CCC(=O)N(C)C)CC1.I. The minimum absolute atomic E-state index is 0. The number of hydrogen-bond donors (Lipinski definition) is 1. The van der Waals surface area contributed by atoms with Gasteiger partial charge in [-0.3, -0.25) is 14.7 Å². The number of aliphatic imine (C=N–C) groups is 1. The molecular formula is C21H40IN5O2. The van der Waals surface area contributed by atoms with Crippen molar-refractivity contribution in [2.75, 3.05) is 60.0 Å². The first-order chi connectivity index (χ1) is 13.3. The van der Waals surface area contributed by atoms with Gasteiger partial charge in [0.05, 0.1) is 6.10 Å². The average molecular weight is 521 g/mol. The van der Waals surface area contributed by atoms with Gasteiger partial charge >= 0.3 is 0 Å². The van der Waals surface area contributed by atoms with Crippen molar-refractivity contribution in [3.8, 4) is 0 Å². The number of amides is 1. The summed E-state index contributed by atoms with van der Waals surface area (Å²) in [5, 5.41) is 3.81. The van der Waals surface area contributed by atoms with Crippen molar-refractivity contribution in [1.82, 2.24) is 20.0 Å². The van der Waals surface area contributed by atoms with E-state index in [2.05, 4.69) is 35.9 Å². The van der Waals surface area contributed by atoms with Crippen LogP contribution in [0.1, 0.15) is 40.0 Å². The number of carbonyl (C=O) groups excluding carboxylic acids is 1. The predicted octanol–water partition coefficient (Wildman–Crippen LogP) is 1.87. The number of fused-ring (bicyclic) bond motifs is 1. The van der Waals surface area contributed by atoms with Crippen LogP contribution in [0.25, 0.3) is 0 Å². The molecule has 2 heterocycles. The molecule has 29 heavy (non-hydrogen) atoms. The summed E-state index contributed by atoms with van der Waals surface area (Å²) in [6.07, 6.45) is 3.40. The van der Waals surface area contributed by atoms with E-state index < -0.39 is 0 Å². The van der Waals surface area contributed by atoms with E-state index in [-0.39, 0.29) is 35.3 Å². The Morgan fingerprint density at radius 1 is 1.24 bits per heavy atom. The zero-order valence-corrected chi connectivity index (χ0v) is 21.1. The van der Waals surface area contributed by atoms with Gasteiger partial charge in [-0.05, 0) is 19.8 Å². The second-order valence-corrected chi connectivity index (χ2v) is 9.21. The van der Waals surface area contributed by atoms with Crippen molar-refractivity contribution < 1.29 is 9.53 Å². The molecule has 3 rings (SSSR count). The van der Waals surface area contributed by atoms with E-state index in [4.69, 9.17) is 9.73 Å². The summed E-state index contributed by atoms with van der Waals surface area (Å²) in [6, 6.07) is 0.429. The van der Waals surface area contributed by atoms with Crippen molar-refractivity contribution >= 4 is 35.8 Å². The van der Waals surface area contributed by atoms with Crippen molar-refractivity contribution in [2.24, 2.45) is 16.3 Å². The Balaban J connectivity index is 0.00000300. The molecule has 2 aliphatic heterocycles. The second-order valence-electron chi connectivity index (χ2n) is 9.21. The lowest BCUT2D eigenvalue weighted by atomic mass is 9.55. The fraction of sp³-hybridized carbons (Fsp3) is 0.905. The number of guanidine groups is 1. The number of nitrogens with one attached hydrogen (secondary N) is 1. The van der Waals surface area contributed by atoms with Crippen molar-refractivity contribution in [3.05, 3.63) is 0 Å². The van der Waals surface area contributed by atoms with E-state index in [9.17, 15) is 4.79 Å². The van der Waals surface area contributed by atoms with Crippen LogP contribution in [-0.4, -0.2) is 98.7 Å². The molecule has 3 unspecified atom stereocenters. The van der Waals surface area contributed by atoms with Crippen LogP contribution in [0.5, 0.6) is 0 Å². The number of halogens is 1. The molecule has 0 bridgehead atoms. The van der Waals surface area contributed by atoms with Crippen LogP contribution < -0.4 is 5.32 Å². The molecule has 1 amide bonds. The fourth-order valence-corrected chi connectivity index (χ4v) is 5.00. The number of carbonyl (C=O) groups is 1. The third-order valence-electron chi connectivity index (χ3n) is 6.74. The van der Waals surface area contributed by atoms with Gasteiger partial charge in [0.2, 0.25) is 5.91 Å². The molecule has 0 radical (unpaired) electrons. The molecule has 7 nitrogen and oxygen atoms in total. The quantitative estimate of drug-likeness (QED) is 0.340. The minimum Gasteiger partial charge on any atom is -0.377 e. The molecule has 1 saturated carbocycles. The van der Waals surface area contributed by atoms with Gasteiger partial charge in [-0.2, -0.15) is 0 Å². The summed E-state index contributed by atoms with van der Waals surface area (Å²) in [4.78, 5) is 23.1. The van der Waals surface area contributed by atoms with E-state index in [1.807, 2.05) is 14.1 Å². The van der Waals surface area contributed by atoms with E-state index in [1.165, 1.54) is 12.8 Å². The molecule has 1 aliphatic carbocycles. The minimum atomic E-state index is 0. The second kappa shape index (κ2) is 10.6. The zero-order valence-electron chi connectivity index (χ0n) is 18.8.